The lowest BCUT2D eigenvalue weighted by atomic mass is 10.0. The lowest BCUT2D eigenvalue weighted by molar-refractivity contribution is -0.124. The van der Waals surface area contributed by atoms with Gasteiger partial charge in [0.2, 0.25) is 0 Å². The molecule has 0 unspecified atom stereocenters. The van der Waals surface area contributed by atoms with Crippen molar-refractivity contribution in [1.82, 2.24) is 5.32 Å². The zero-order valence-electron chi connectivity index (χ0n) is 14.8. The smallest absolute Gasteiger partial charge is 0.351 e. The molecular formula is C21H19NO5. The molecule has 0 spiro atoms. The number of rotatable bonds is 6. The van der Waals surface area contributed by atoms with Gasteiger partial charge in [-0.15, -0.1) is 0 Å². The zero-order chi connectivity index (χ0) is 19.2. The summed E-state index contributed by atoms with van der Waals surface area (Å²) in [6.07, 6.45) is 0. The van der Waals surface area contributed by atoms with Crippen LogP contribution < -0.4 is 10.9 Å². The monoisotopic (exact) mass is 365 g/mol. The van der Waals surface area contributed by atoms with Gasteiger partial charge in [-0.05, 0) is 23.6 Å². The molecule has 3 rings (SSSR count). The van der Waals surface area contributed by atoms with Gasteiger partial charge in [0.1, 0.15) is 11.1 Å². The topological polar surface area (TPSA) is 85.6 Å². The highest BCUT2D eigenvalue weighted by molar-refractivity contribution is 5.94. The first-order valence-electron chi connectivity index (χ1n) is 8.56. The van der Waals surface area contributed by atoms with E-state index in [2.05, 4.69) is 5.32 Å². The number of carbonyl (C=O) groups is 2. The average Bonchev–Trinajstić information content (AvgIpc) is 2.70. The van der Waals surface area contributed by atoms with Gasteiger partial charge in [0.25, 0.3) is 5.91 Å². The van der Waals surface area contributed by atoms with Crippen LogP contribution in [0.25, 0.3) is 11.0 Å². The second-order valence-corrected chi connectivity index (χ2v) is 6.18. The predicted molar refractivity (Wildman–Crippen MR) is 101 cm³/mol. The minimum Gasteiger partial charge on any atom is -0.452 e. The summed E-state index contributed by atoms with van der Waals surface area (Å²) in [6, 6.07) is 18.0. The normalized spacial score (nSPS) is 11.7. The van der Waals surface area contributed by atoms with E-state index in [1.165, 1.54) is 6.07 Å². The molecule has 6 heteroatoms. The molecule has 0 aliphatic heterocycles. The summed E-state index contributed by atoms with van der Waals surface area (Å²) in [5, 5.41) is 3.32. The van der Waals surface area contributed by atoms with Crippen LogP contribution in [0, 0.1) is 0 Å². The second kappa shape index (κ2) is 8.31. The van der Waals surface area contributed by atoms with Crippen molar-refractivity contribution in [2.75, 3.05) is 13.2 Å². The summed E-state index contributed by atoms with van der Waals surface area (Å²) < 4.78 is 10.0. The molecule has 0 saturated heterocycles. The van der Waals surface area contributed by atoms with E-state index in [-0.39, 0.29) is 11.5 Å². The molecular weight excluding hydrogens is 346 g/mol. The molecule has 1 aromatic heterocycles. The van der Waals surface area contributed by atoms with Gasteiger partial charge in [-0.1, -0.05) is 55.5 Å². The molecule has 138 valence electrons. The van der Waals surface area contributed by atoms with E-state index >= 15 is 0 Å². The van der Waals surface area contributed by atoms with Crippen molar-refractivity contribution in [1.29, 1.82) is 0 Å². The Morgan fingerprint density at radius 1 is 1.07 bits per heavy atom. The fourth-order valence-corrected chi connectivity index (χ4v) is 2.63. The van der Waals surface area contributed by atoms with E-state index in [9.17, 15) is 14.4 Å². The number of amides is 1. The van der Waals surface area contributed by atoms with Crippen LogP contribution in [-0.4, -0.2) is 25.0 Å². The lowest BCUT2D eigenvalue weighted by Crippen LogP contribution is -2.32. The quantitative estimate of drug-likeness (QED) is 0.536. The first kappa shape index (κ1) is 18.4. The highest BCUT2D eigenvalue weighted by Crippen LogP contribution is 2.14. The number of nitrogens with one attached hydrogen (secondary N) is 1. The van der Waals surface area contributed by atoms with Crippen LogP contribution in [0.15, 0.2) is 69.9 Å². The summed E-state index contributed by atoms with van der Waals surface area (Å²) in [7, 11) is 0. The van der Waals surface area contributed by atoms with Gasteiger partial charge in [-0.2, -0.15) is 0 Å². The third-order valence-electron chi connectivity index (χ3n) is 4.17. The summed E-state index contributed by atoms with van der Waals surface area (Å²) in [5.41, 5.74) is 0.450. The molecule has 27 heavy (non-hydrogen) atoms. The molecule has 2 aromatic carbocycles. The van der Waals surface area contributed by atoms with Crippen molar-refractivity contribution in [2.24, 2.45) is 0 Å². The minimum atomic E-state index is -0.888. The second-order valence-electron chi connectivity index (χ2n) is 6.18. The number of hydrogen-bond donors (Lipinski definition) is 1. The Bertz CT molecular complexity index is 1010. The first-order valence-corrected chi connectivity index (χ1v) is 8.56. The van der Waals surface area contributed by atoms with Crippen molar-refractivity contribution < 1.29 is 18.7 Å². The highest BCUT2D eigenvalue weighted by Gasteiger charge is 2.17. The maximum absolute atomic E-state index is 12.1. The molecule has 1 heterocycles. The van der Waals surface area contributed by atoms with Crippen molar-refractivity contribution >= 4 is 22.8 Å². The van der Waals surface area contributed by atoms with E-state index < -0.39 is 24.1 Å². The van der Waals surface area contributed by atoms with Gasteiger partial charge in [-0.3, -0.25) is 4.79 Å². The van der Waals surface area contributed by atoms with Crippen LogP contribution in [0.5, 0.6) is 0 Å². The van der Waals surface area contributed by atoms with Gasteiger partial charge in [0.15, 0.2) is 6.61 Å². The molecule has 0 aliphatic carbocycles. The lowest BCUT2D eigenvalue weighted by Gasteiger charge is -2.13. The molecule has 0 saturated carbocycles. The standard InChI is InChI=1S/C21H19NO5/c1-14(15-7-3-2-4-8-15)12-22-19(23)13-26-20(24)17-11-16-9-5-6-10-18(16)27-21(17)25/h2-11,14H,12-13H2,1H3,(H,22,23)/t14-/m1/s1. The Balaban J connectivity index is 1.55. The summed E-state index contributed by atoms with van der Waals surface area (Å²) >= 11 is 0. The van der Waals surface area contributed by atoms with E-state index in [1.807, 2.05) is 37.3 Å². The van der Waals surface area contributed by atoms with Crippen LogP contribution in [0.3, 0.4) is 0 Å². The van der Waals surface area contributed by atoms with Crippen molar-refractivity contribution in [3.8, 4) is 0 Å². The number of ether oxygens (including phenoxy) is 1. The van der Waals surface area contributed by atoms with Crippen LogP contribution in [0.4, 0.5) is 0 Å². The van der Waals surface area contributed by atoms with Crippen LogP contribution in [-0.2, 0) is 9.53 Å². The predicted octanol–water partition coefficient (Wildman–Crippen LogP) is 2.87. The Hall–Kier alpha value is -3.41. The number of esters is 1. The number of benzene rings is 2. The highest BCUT2D eigenvalue weighted by atomic mass is 16.5. The third kappa shape index (κ3) is 4.61. The van der Waals surface area contributed by atoms with Gasteiger partial charge in [-0.25, -0.2) is 9.59 Å². The molecule has 1 N–H and O–H groups in total. The fraction of sp³-hybridized carbons (Fsp3) is 0.190. The SMILES string of the molecule is C[C@H](CNC(=O)COC(=O)c1cc2ccccc2oc1=O)c1ccccc1. The van der Waals surface area contributed by atoms with Crippen LogP contribution >= 0.6 is 0 Å². The van der Waals surface area contributed by atoms with E-state index in [4.69, 9.17) is 9.15 Å². The van der Waals surface area contributed by atoms with Gasteiger partial charge in [0, 0.05) is 11.9 Å². The Labute approximate surface area is 155 Å². The van der Waals surface area contributed by atoms with E-state index in [1.54, 1.807) is 24.3 Å². The molecule has 0 radical (unpaired) electrons. The zero-order valence-corrected chi connectivity index (χ0v) is 14.8. The van der Waals surface area contributed by atoms with Gasteiger partial charge >= 0.3 is 11.6 Å². The van der Waals surface area contributed by atoms with Crippen molar-refractivity contribution in [2.45, 2.75) is 12.8 Å². The molecule has 0 aliphatic rings. The number of para-hydroxylation sites is 1. The molecule has 0 bridgehead atoms. The largest absolute Gasteiger partial charge is 0.452 e. The maximum atomic E-state index is 12.1. The average molecular weight is 365 g/mol. The Kier molecular flexibility index (Phi) is 5.66. The fourth-order valence-electron chi connectivity index (χ4n) is 2.63. The van der Waals surface area contributed by atoms with Crippen LogP contribution in [0.2, 0.25) is 0 Å². The maximum Gasteiger partial charge on any atom is 0.351 e. The number of hydrogen-bond acceptors (Lipinski definition) is 5. The van der Waals surface area contributed by atoms with Gasteiger partial charge in [0.05, 0.1) is 0 Å². The summed E-state index contributed by atoms with van der Waals surface area (Å²) in [5.74, 6) is -1.20. The van der Waals surface area contributed by atoms with Crippen molar-refractivity contribution in [3.63, 3.8) is 0 Å². The first-order chi connectivity index (χ1) is 13.0. The third-order valence-corrected chi connectivity index (χ3v) is 4.17. The molecule has 6 nitrogen and oxygen atoms in total. The summed E-state index contributed by atoms with van der Waals surface area (Å²) in [6.45, 7) is 1.94. The molecule has 0 fully saturated rings. The summed E-state index contributed by atoms with van der Waals surface area (Å²) in [4.78, 5) is 36.0. The Morgan fingerprint density at radius 3 is 2.56 bits per heavy atom. The molecule has 1 atom stereocenters. The van der Waals surface area contributed by atoms with E-state index in [0.29, 0.717) is 17.5 Å². The number of carbonyl (C=O) groups excluding carboxylic acids is 2. The minimum absolute atomic E-state index is 0.124. The van der Waals surface area contributed by atoms with Gasteiger partial charge < -0.3 is 14.5 Å². The van der Waals surface area contributed by atoms with Crippen LogP contribution in [0.1, 0.15) is 28.8 Å². The van der Waals surface area contributed by atoms with Crippen molar-refractivity contribution in [3.05, 3.63) is 82.2 Å². The van der Waals surface area contributed by atoms with E-state index in [0.717, 1.165) is 5.56 Å². The Morgan fingerprint density at radius 2 is 1.78 bits per heavy atom. The molecule has 3 aromatic rings. The molecule has 1 amide bonds. The number of fused-ring (bicyclic) bond motifs is 1.